The monoisotopic (exact) mass is 174 g/mol. The van der Waals surface area contributed by atoms with Crippen LogP contribution in [0.2, 0.25) is 0 Å². The molecule has 4 heteroatoms. The van der Waals surface area contributed by atoms with Gasteiger partial charge in [0.1, 0.15) is 0 Å². The summed E-state index contributed by atoms with van der Waals surface area (Å²) in [5, 5.41) is 8.27. The second-order valence-corrected chi connectivity index (χ2v) is 3.47. The average molecular weight is 174 g/mol. The van der Waals surface area contributed by atoms with E-state index in [2.05, 4.69) is 13.8 Å². The SMILES string of the molecule is CC(C)CC(CN)CC(=O)NO. The first-order valence-corrected chi connectivity index (χ1v) is 4.23. The number of carbonyl (C=O) groups is 1. The van der Waals surface area contributed by atoms with E-state index >= 15 is 0 Å². The minimum atomic E-state index is -0.355. The van der Waals surface area contributed by atoms with Crippen molar-refractivity contribution in [1.82, 2.24) is 5.48 Å². The Kier molecular flexibility index (Phi) is 5.66. The number of hydroxylamine groups is 1. The lowest BCUT2D eigenvalue weighted by Crippen LogP contribution is -2.26. The maximum Gasteiger partial charge on any atom is 0.243 e. The number of amides is 1. The molecular weight excluding hydrogens is 156 g/mol. The summed E-state index contributed by atoms with van der Waals surface area (Å²) in [6.45, 7) is 4.66. The highest BCUT2D eigenvalue weighted by Gasteiger charge is 2.12. The van der Waals surface area contributed by atoms with E-state index in [1.807, 2.05) is 0 Å². The van der Waals surface area contributed by atoms with Crippen LogP contribution in [0.1, 0.15) is 26.7 Å². The van der Waals surface area contributed by atoms with Crippen LogP contribution >= 0.6 is 0 Å². The van der Waals surface area contributed by atoms with Crippen LogP contribution in [-0.4, -0.2) is 17.7 Å². The van der Waals surface area contributed by atoms with Gasteiger partial charge in [-0.05, 0) is 24.8 Å². The third-order valence-corrected chi connectivity index (χ3v) is 1.74. The molecule has 4 nitrogen and oxygen atoms in total. The molecule has 0 rings (SSSR count). The number of carbonyl (C=O) groups excluding carboxylic acids is 1. The topological polar surface area (TPSA) is 75.4 Å². The summed E-state index contributed by atoms with van der Waals surface area (Å²) in [6.07, 6.45) is 1.23. The summed E-state index contributed by atoms with van der Waals surface area (Å²) in [7, 11) is 0. The summed E-state index contributed by atoms with van der Waals surface area (Å²) < 4.78 is 0. The molecule has 0 saturated carbocycles. The first kappa shape index (κ1) is 11.4. The molecule has 0 heterocycles. The van der Waals surface area contributed by atoms with Gasteiger partial charge < -0.3 is 5.73 Å². The van der Waals surface area contributed by atoms with Gasteiger partial charge in [0, 0.05) is 6.42 Å². The predicted molar refractivity (Wildman–Crippen MR) is 46.5 cm³/mol. The van der Waals surface area contributed by atoms with Crippen LogP contribution in [0.4, 0.5) is 0 Å². The third-order valence-electron chi connectivity index (χ3n) is 1.74. The summed E-state index contributed by atoms with van der Waals surface area (Å²) in [5.74, 6) is 0.355. The Labute approximate surface area is 73.1 Å². The van der Waals surface area contributed by atoms with Crippen LogP contribution < -0.4 is 11.2 Å². The van der Waals surface area contributed by atoms with Gasteiger partial charge in [0.2, 0.25) is 5.91 Å². The summed E-state index contributed by atoms with van der Waals surface area (Å²) >= 11 is 0. The largest absolute Gasteiger partial charge is 0.330 e. The van der Waals surface area contributed by atoms with Gasteiger partial charge in [-0.15, -0.1) is 0 Å². The molecule has 0 spiro atoms. The van der Waals surface area contributed by atoms with Gasteiger partial charge in [-0.3, -0.25) is 10.0 Å². The predicted octanol–water partition coefficient (Wildman–Crippen LogP) is 0.503. The fraction of sp³-hybridized carbons (Fsp3) is 0.875. The van der Waals surface area contributed by atoms with E-state index < -0.39 is 0 Å². The van der Waals surface area contributed by atoms with Crippen molar-refractivity contribution < 1.29 is 10.0 Å². The third kappa shape index (κ3) is 5.09. The molecule has 0 aromatic rings. The molecular formula is C8H18N2O2. The molecule has 0 aromatic carbocycles. The molecule has 0 radical (unpaired) electrons. The Morgan fingerprint density at radius 2 is 2.17 bits per heavy atom. The zero-order chi connectivity index (χ0) is 9.56. The van der Waals surface area contributed by atoms with Gasteiger partial charge in [0.05, 0.1) is 0 Å². The van der Waals surface area contributed by atoms with Crippen molar-refractivity contribution in [2.75, 3.05) is 6.54 Å². The Hall–Kier alpha value is -0.610. The Morgan fingerprint density at radius 3 is 2.50 bits per heavy atom. The molecule has 0 saturated heterocycles. The smallest absolute Gasteiger partial charge is 0.243 e. The molecule has 1 amide bonds. The molecule has 0 bridgehead atoms. The quantitative estimate of drug-likeness (QED) is 0.419. The number of rotatable bonds is 5. The summed E-state index contributed by atoms with van der Waals surface area (Å²) in [4.78, 5) is 10.7. The Balaban J connectivity index is 3.74. The van der Waals surface area contributed by atoms with E-state index in [1.54, 1.807) is 5.48 Å². The molecule has 0 aliphatic heterocycles. The molecule has 0 aliphatic rings. The normalized spacial score (nSPS) is 13.1. The van der Waals surface area contributed by atoms with E-state index in [0.717, 1.165) is 6.42 Å². The van der Waals surface area contributed by atoms with Crippen molar-refractivity contribution in [3.63, 3.8) is 0 Å². The van der Waals surface area contributed by atoms with Gasteiger partial charge in [-0.25, -0.2) is 5.48 Å². The minimum absolute atomic E-state index is 0.178. The van der Waals surface area contributed by atoms with Gasteiger partial charge in [-0.1, -0.05) is 13.8 Å². The highest BCUT2D eigenvalue weighted by Crippen LogP contribution is 2.13. The highest BCUT2D eigenvalue weighted by atomic mass is 16.5. The zero-order valence-electron chi connectivity index (χ0n) is 7.71. The molecule has 1 unspecified atom stereocenters. The van der Waals surface area contributed by atoms with Crippen LogP contribution in [0.25, 0.3) is 0 Å². The molecule has 0 fully saturated rings. The van der Waals surface area contributed by atoms with Gasteiger partial charge in [0.15, 0.2) is 0 Å². The fourth-order valence-corrected chi connectivity index (χ4v) is 1.24. The first-order chi connectivity index (χ1) is 5.60. The molecule has 0 aromatic heterocycles. The van der Waals surface area contributed by atoms with E-state index in [4.69, 9.17) is 10.9 Å². The second-order valence-electron chi connectivity index (χ2n) is 3.47. The van der Waals surface area contributed by atoms with E-state index in [1.165, 1.54) is 0 Å². The van der Waals surface area contributed by atoms with Gasteiger partial charge in [-0.2, -0.15) is 0 Å². The maximum atomic E-state index is 10.7. The standard InChI is InChI=1S/C8H18N2O2/c1-6(2)3-7(5-9)4-8(11)10-12/h6-7,12H,3-5,9H2,1-2H3,(H,10,11). The number of nitrogens with one attached hydrogen (secondary N) is 1. The second kappa shape index (κ2) is 5.97. The molecule has 4 N–H and O–H groups in total. The maximum absolute atomic E-state index is 10.7. The minimum Gasteiger partial charge on any atom is -0.330 e. The van der Waals surface area contributed by atoms with Crippen molar-refractivity contribution in [3.8, 4) is 0 Å². The van der Waals surface area contributed by atoms with Crippen molar-refractivity contribution in [2.45, 2.75) is 26.7 Å². The number of hydrogen-bond acceptors (Lipinski definition) is 3. The summed E-state index contributed by atoms with van der Waals surface area (Å²) in [5.41, 5.74) is 7.07. The molecule has 1 atom stereocenters. The molecule has 12 heavy (non-hydrogen) atoms. The van der Waals surface area contributed by atoms with Gasteiger partial charge >= 0.3 is 0 Å². The molecule has 0 aliphatic carbocycles. The Morgan fingerprint density at radius 1 is 1.58 bits per heavy atom. The van der Waals surface area contributed by atoms with Crippen molar-refractivity contribution in [1.29, 1.82) is 0 Å². The van der Waals surface area contributed by atoms with Crippen molar-refractivity contribution in [2.24, 2.45) is 17.6 Å². The van der Waals surface area contributed by atoms with E-state index in [0.29, 0.717) is 18.9 Å². The van der Waals surface area contributed by atoms with Crippen LogP contribution in [0.5, 0.6) is 0 Å². The van der Waals surface area contributed by atoms with Gasteiger partial charge in [0.25, 0.3) is 0 Å². The lowest BCUT2D eigenvalue weighted by atomic mass is 9.94. The Bertz CT molecular complexity index is 137. The zero-order valence-corrected chi connectivity index (χ0v) is 7.71. The first-order valence-electron chi connectivity index (χ1n) is 4.23. The fourth-order valence-electron chi connectivity index (χ4n) is 1.24. The average Bonchev–Trinajstić information content (AvgIpc) is 2.02. The van der Waals surface area contributed by atoms with E-state index in [9.17, 15) is 4.79 Å². The van der Waals surface area contributed by atoms with Crippen molar-refractivity contribution >= 4 is 5.91 Å². The van der Waals surface area contributed by atoms with Crippen LogP contribution in [0.3, 0.4) is 0 Å². The lowest BCUT2D eigenvalue weighted by molar-refractivity contribution is -0.130. The number of hydrogen-bond donors (Lipinski definition) is 3. The lowest BCUT2D eigenvalue weighted by Gasteiger charge is -2.15. The number of nitrogens with two attached hydrogens (primary N) is 1. The van der Waals surface area contributed by atoms with E-state index in [-0.39, 0.29) is 11.8 Å². The van der Waals surface area contributed by atoms with Crippen molar-refractivity contribution in [3.05, 3.63) is 0 Å². The highest BCUT2D eigenvalue weighted by molar-refractivity contribution is 5.74. The summed E-state index contributed by atoms with van der Waals surface area (Å²) in [6, 6.07) is 0. The van der Waals surface area contributed by atoms with Crippen LogP contribution in [0.15, 0.2) is 0 Å². The van der Waals surface area contributed by atoms with Crippen LogP contribution in [0, 0.1) is 11.8 Å². The molecule has 72 valence electrons. The van der Waals surface area contributed by atoms with Crippen LogP contribution in [-0.2, 0) is 4.79 Å².